The quantitative estimate of drug-likeness (QED) is 0.101. The van der Waals surface area contributed by atoms with Crippen molar-refractivity contribution >= 4 is 46.7 Å². The zero-order chi connectivity index (χ0) is 35.9. The van der Waals surface area contributed by atoms with Crippen molar-refractivity contribution in [2.75, 3.05) is 7.05 Å². The van der Waals surface area contributed by atoms with Crippen molar-refractivity contribution in [2.24, 2.45) is 0 Å². The average molecular weight is 721 g/mol. The molecule has 0 spiro atoms. The van der Waals surface area contributed by atoms with Crippen LogP contribution in [-0.2, 0) is 40.3 Å². The lowest BCUT2D eigenvalue weighted by Gasteiger charge is -2.26. The Hall–Kier alpha value is -4.82. The van der Waals surface area contributed by atoms with E-state index < -0.39 is 42.5 Å². The second-order valence-corrected chi connectivity index (χ2v) is 14.2. The second-order valence-electron chi connectivity index (χ2n) is 12.3. The molecular formula is C36H44N6O6S2. The van der Waals surface area contributed by atoms with Gasteiger partial charge in [0.05, 0.1) is 34.1 Å². The smallest absolute Gasteiger partial charge is 0.407 e. The highest BCUT2D eigenvalue weighted by Crippen LogP contribution is 2.20. The molecule has 2 aromatic carbocycles. The summed E-state index contributed by atoms with van der Waals surface area (Å²) >= 11 is 2.91. The average Bonchev–Trinajstić information content (AvgIpc) is 3.79. The summed E-state index contributed by atoms with van der Waals surface area (Å²) in [6.07, 6.45) is 2.41. The summed E-state index contributed by atoms with van der Waals surface area (Å²) in [5.41, 5.74) is 4.38. The number of amides is 4. The summed E-state index contributed by atoms with van der Waals surface area (Å²) in [6.45, 7) is 4.39. The fraction of sp³-hybridized carbons (Fsp3) is 0.389. The number of benzene rings is 2. The van der Waals surface area contributed by atoms with E-state index in [0.29, 0.717) is 31.4 Å². The monoisotopic (exact) mass is 720 g/mol. The van der Waals surface area contributed by atoms with Crippen LogP contribution in [0, 0.1) is 0 Å². The lowest BCUT2D eigenvalue weighted by molar-refractivity contribution is -0.140. The Morgan fingerprint density at radius 3 is 2.04 bits per heavy atom. The van der Waals surface area contributed by atoms with E-state index >= 15 is 0 Å². The number of ether oxygens (including phenoxy) is 1. The Bertz CT molecular complexity index is 1650. The summed E-state index contributed by atoms with van der Waals surface area (Å²) < 4.78 is 5.44. The molecule has 0 aliphatic heterocycles. The number of alkyl carbamates (subject to hydrolysis) is 1. The lowest BCUT2D eigenvalue weighted by Crippen LogP contribution is -2.53. The van der Waals surface area contributed by atoms with Gasteiger partial charge < -0.3 is 30.7 Å². The number of nitrogens with zero attached hydrogens (tertiary/aromatic N) is 3. The van der Waals surface area contributed by atoms with Gasteiger partial charge in [-0.15, -0.1) is 22.7 Å². The summed E-state index contributed by atoms with van der Waals surface area (Å²) in [7, 11) is 1.57. The molecule has 4 amide bonds. The number of rotatable bonds is 18. The van der Waals surface area contributed by atoms with Crippen LogP contribution in [0.15, 0.2) is 77.8 Å². The van der Waals surface area contributed by atoms with Gasteiger partial charge in [-0.1, -0.05) is 74.5 Å². The third-order valence-electron chi connectivity index (χ3n) is 7.81. The van der Waals surface area contributed by atoms with E-state index in [1.54, 1.807) is 18.8 Å². The number of nitrogens with one attached hydrogen (secondary N) is 3. The van der Waals surface area contributed by atoms with Gasteiger partial charge in [0, 0.05) is 36.6 Å². The molecule has 1 unspecified atom stereocenters. The molecular weight excluding hydrogens is 677 g/mol. The predicted octanol–water partition coefficient (Wildman–Crippen LogP) is 5.75. The van der Waals surface area contributed by atoms with Gasteiger partial charge in [0.2, 0.25) is 5.91 Å². The van der Waals surface area contributed by atoms with Gasteiger partial charge in [0.15, 0.2) is 0 Å². The van der Waals surface area contributed by atoms with E-state index in [9.17, 15) is 24.3 Å². The third-order valence-corrected chi connectivity index (χ3v) is 9.76. The molecule has 4 aromatic rings. The molecule has 2 aromatic heterocycles. The van der Waals surface area contributed by atoms with Gasteiger partial charge in [0.25, 0.3) is 0 Å². The molecule has 266 valence electrons. The first-order valence-corrected chi connectivity index (χ1v) is 18.2. The molecule has 0 radical (unpaired) electrons. The van der Waals surface area contributed by atoms with Gasteiger partial charge in [-0.3, -0.25) is 14.6 Å². The zero-order valence-electron chi connectivity index (χ0n) is 28.4. The van der Waals surface area contributed by atoms with Crippen molar-refractivity contribution in [3.8, 4) is 0 Å². The first kappa shape index (κ1) is 38.0. The standard InChI is InChI=1S/C36H44N6O6S2/c1-24(2)34-39-29(22-49-34)20-42(3)35(46)41-31(18-32(43)44)33(45)38-27(16-25-10-6-4-7-11-25)14-15-28(17-26-12-8-5-9-13-26)40-36(47)48-21-30-19-37-23-50-30/h4-13,19,22-24,27-28,31H,14-18,20-21H2,1-3H3,(H,38,45)(H,40,47)(H,41,46)(H,43,44)/t27-,28-,31?/m1/s1. The molecule has 14 heteroatoms. The number of hydrogen-bond acceptors (Lipinski definition) is 9. The highest BCUT2D eigenvalue weighted by atomic mass is 32.1. The molecule has 0 saturated heterocycles. The summed E-state index contributed by atoms with van der Waals surface area (Å²) in [5, 5.41) is 21.1. The van der Waals surface area contributed by atoms with Gasteiger partial charge in [-0.05, 0) is 36.8 Å². The van der Waals surface area contributed by atoms with E-state index in [1.165, 1.54) is 27.6 Å². The Morgan fingerprint density at radius 1 is 0.880 bits per heavy atom. The molecule has 12 nitrogen and oxygen atoms in total. The second kappa shape index (κ2) is 19.4. The Labute approximate surface area is 300 Å². The minimum absolute atomic E-state index is 0.107. The van der Waals surface area contributed by atoms with Crippen LogP contribution in [-0.4, -0.2) is 69.1 Å². The van der Waals surface area contributed by atoms with Crippen molar-refractivity contribution in [3.05, 3.63) is 104 Å². The molecule has 0 aliphatic carbocycles. The van der Waals surface area contributed by atoms with Gasteiger partial charge in [0.1, 0.15) is 12.6 Å². The van der Waals surface area contributed by atoms with Crippen LogP contribution < -0.4 is 16.0 Å². The Balaban J connectivity index is 1.44. The number of carboxylic acids is 1. The maximum Gasteiger partial charge on any atom is 0.407 e. The molecule has 4 rings (SSSR count). The number of aromatic nitrogens is 2. The summed E-state index contributed by atoms with van der Waals surface area (Å²) in [4.78, 5) is 62.2. The van der Waals surface area contributed by atoms with Crippen LogP contribution in [0.25, 0.3) is 0 Å². The molecule has 0 fully saturated rings. The molecule has 3 atom stereocenters. The van der Waals surface area contributed by atoms with Crippen LogP contribution in [0.5, 0.6) is 0 Å². The highest BCUT2D eigenvalue weighted by Gasteiger charge is 2.28. The van der Waals surface area contributed by atoms with Gasteiger partial charge in [-0.25, -0.2) is 14.6 Å². The normalized spacial score (nSPS) is 12.8. The van der Waals surface area contributed by atoms with Gasteiger partial charge >= 0.3 is 18.1 Å². The first-order chi connectivity index (χ1) is 24.0. The number of carbonyl (C=O) groups excluding carboxylic acids is 3. The van der Waals surface area contributed by atoms with Crippen LogP contribution in [0.4, 0.5) is 9.59 Å². The van der Waals surface area contributed by atoms with Crippen LogP contribution >= 0.6 is 22.7 Å². The minimum atomic E-state index is -1.32. The van der Waals surface area contributed by atoms with E-state index in [2.05, 4.69) is 25.9 Å². The third kappa shape index (κ3) is 12.9. The minimum Gasteiger partial charge on any atom is -0.481 e. The molecule has 0 aliphatic rings. The summed E-state index contributed by atoms with van der Waals surface area (Å²) in [5.74, 6) is -1.58. The van der Waals surface area contributed by atoms with Gasteiger partial charge in [-0.2, -0.15) is 0 Å². The highest BCUT2D eigenvalue weighted by molar-refractivity contribution is 7.09. The lowest BCUT2D eigenvalue weighted by atomic mass is 9.95. The number of carbonyl (C=O) groups is 4. The topological polar surface area (TPSA) is 163 Å². The fourth-order valence-electron chi connectivity index (χ4n) is 5.23. The first-order valence-electron chi connectivity index (χ1n) is 16.4. The van der Waals surface area contributed by atoms with Crippen LogP contribution in [0.1, 0.15) is 65.7 Å². The fourth-order valence-corrected chi connectivity index (χ4v) is 6.56. The largest absolute Gasteiger partial charge is 0.481 e. The zero-order valence-corrected chi connectivity index (χ0v) is 30.0. The number of thiazole rings is 2. The van der Waals surface area contributed by atoms with Crippen molar-refractivity contribution in [2.45, 2.75) is 83.1 Å². The number of aliphatic carboxylic acids is 1. The molecule has 0 saturated carbocycles. The maximum absolute atomic E-state index is 13.7. The van der Waals surface area contributed by atoms with Crippen molar-refractivity contribution in [1.29, 1.82) is 0 Å². The number of hydrogen-bond donors (Lipinski definition) is 4. The van der Waals surface area contributed by atoms with Crippen molar-refractivity contribution < 1.29 is 29.0 Å². The van der Waals surface area contributed by atoms with E-state index in [-0.39, 0.29) is 25.1 Å². The Morgan fingerprint density at radius 2 is 1.50 bits per heavy atom. The van der Waals surface area contributed by atoms with Crippen LogP contribution in [0.2, 0.25) is 0 Å². The summed E-state index contributed by atoms with van der Waals surface area (Å²) in [6, 6.07) is 16.7. The molecule has 2 heterocycles. The predicted molar refractivity (Wildman–Crippen MR) is 193 cm³/mol. The van der Waals surface area contributed by atoms with Crippen molar-refractivity contribution in [1.82, 2.24) is 30.8 Å². The number of urea groups is 1. The van der Waals surface area contributed by atoms with E-state index in [0.717, 1.165) is 21.0 Å². The van der Waals surface area contributed by atoms with Crippen molar-refractivity contribution in [3.63, 3.8) is 0 Å². The molecule has 0 bridgehead atoms. The van der Waals surface area contributed by atoms with E-state index in [4.69, 9.17) is 4.74 Å². The van der Waals surface area contributed by atoms with E-state index in [1.807, 2.05) is 79.9 Å². The van der Waals surface area contributed by atoms with Crippen LogP contribution in [0.3, 0.4) is 0 Å². The molecule has 4 N–H and O–H groups in total. The SMILES string of the molecule is CC(C)c1nc(CN(C)C(=O)NC(CC(=O)O)C(=O)N[C@H](CC[C@H](Cc2ccccc2)NC(=O)OCc2cncs2)Cc2ccccc2)cs1. The Kier molecular flexibility index (Phi) is 14.7. The molecule has 50 heavy (non-hydrogen) atoms. The maximum atomic E-state index is 13.7. The number of carboxylic acid groups (broad SMARTS) is 1.